The Morgan fingerprint density at radius 1 is 1.00 bits per heavy atom. The molecular weight excluding hydrogens is 274 g/mol. The fourth-order valence-electron chi connectivity index (χ4n) is 1.79. The highest BCUT2D eigenvalue weighted by Crippen LogP contribution is 2.32. The lowest BCUT2D eigenvalue weighted by atomic mass is 10.0. The molecule has 0 saturated heterocycles. The topological polar surface area (TPSA) is 71.0 Å². The normalized spacial score (nSPS) is 10.3. The third-order valence-electron chi connectivity index (χ3n) is 2.55. The average molecular weight is 289 g/mol. The van der Waals surface area contributed by atoms with Gasteiger partial charge < -0.3 is 9.22 Å². The first-order chi connectivity index (χ1) is 9.27. The maximum absolute atomic E-state index is 9.80. The highest BCUT2D eigenvalue weighted by Gasteiger charge is 2.09. The van der Waals surface area contributed by atoms with Crippen LogP contribution in [0.1, 0.15) is 0 Å². The second-order valence-corrected chi connectivity index (χ2v) is 7.20. The number of benzene rings is 2. The molecule has 3 rings (SSSR count). The lowest BCUT2D eigenvalue weighted by molar-refractivity contribution is 0.477. The number of phenolic OH excluding ortho intramolecular Hbond substituents is 1. The van der Waals surface area contributed by atoms with E-state index in [1.54, 1.807) is 12.1 Å². The first kappa shape index (κ1) is 13.5. The summed E-state index contributed by atoms with van der Waals surface area (Å²) in [6.45, 7) is 0. The van der Waals surface area contributed by atoms with Gasteiger partial charge in [-0.2, -0.15) is 0 Å². The van der Waals surface area contributed by atoms with Crippen molar-refractivity contribution in [1.29, 1.82) is 0 Å². The van der Waals surface area contributed by atoms with Gasteiger partial charge in [0.2, 0.25) is 0 Å². The fourth-order valence-corrected chi connectivity index (χ4v) is 1.79. The number of para-hydroxylation sites is 1. The zero-order chi connectivity index (χ0) is 13.7. The van der Waals surface area contributed by atoms with Crippen LogP contribution in [0.5, 0.6) is 5.75 Å². The number of rotatable bonds is 1. The van der Waals surface area contributed by atoms with Crippen LogP contribution in [0.2, 0.25) is 0 Å². The average Bonchev–Trinajstić information content (AvgIpc) is 2.88. The maximum Gasteiger partial charge on any atom is 0.129 e. The van der Waals surface area contributed by atoms with E-state index in [1.807, 2.05) is 30.3 Å². The number of aromatic amines is 1. The Balaban J connectivity index is 0.000000408. The Hall–Kier alpha value is -1.97. The number of hydrogen-bond acceptors (Lipinski definition) is 4. The van der Waals surface area contributed by atoms with Crippen molar-refractivity contribution in [2.24, 2.45) is 0 Å². The minimum atomic E-state index is 0.248. The number of nitrogens with one attached hydrogen (secondary N) is 1. The molecule has 0 fully saturated rings. The molecule has 0 radical (unpaired) electrons. The van der Waals surface area contributed by atoms with Crippen LogP contribution in [0, 0.1) is 0 Å². The summed E-state index contributed by atoms with van der Waals surface area (Å²) >= 11 is 0. The summed E-state index contributed by atoms with van der Waals surface area (Å²) in [6.07, 6.45) is 0. The fraction of sp³-hybridized carbons (Fsp3) is 0. The van der Waals surface area contributed by atoms with Crippen molar-refractivity contribution in [2.45, 2.75) is 0 Å². The molecule has 0 unspecified atom stereocenters. The molecule has 0 aliphatic heterocycles. The molecule has 2 N–H and O–H groups in total. The van der Waals surface area contributed by atoms with E-state index < -0.39 is 0 Å². The summed E-state index contributed by atoms with van der Waals surface area (Å²) < 4.78 is 4.53. The first-order valence-electron chi connectivity index (χ1n) is 5.76. The zero-order valence-electron chi connectivity index (χ0n) is 10.8. The monoisotopic (exact) mass is 289 g/mol. The Labute approximate surface area is 116 Å². The number of fused-ring (bicyclic) bond motifs is 1. The number of phenols is 1. The van der Waals surface area contributed by atoms with Crippen molar-refractivity contribution in [3.05, 3.63) is 42.5 Å². The highest BCUT2D eigenvalue weighted by molar-refractivity contribution is 6.15. The molecular formula is C12H15N3O2Si2. The maximum atomic E-state index is 9.80. The van der Waals surface area contributed by atoms with Gasteiger partial charge in [-0.25, -0.2) is 0 Å². The van der Waals surface area contributed by atoms with E-state index in [1.165, 1.54) is 0 Å². The van der Waals surface area contributed by atoms with Gasteiger partial charge in [-0.15, -0.1) is 5.10 Å². The summed E-state index contributed by atoms with van der Waals surface area (Å²) in [6, 6.07) is 12.9. The van der Waals surface area contributed by atoms with E-state index in [2.05, 4.69) is 19.5 Å². The van der Waals surface area contributed by atoms with Crippen LogP contribution in [0.4, 0.5) is 0 Å². The second-order valence-electron chi connectivity index (χ2n) is 3.94. The van der Waals surface area contributed by atoms with Crippen molar-refractivity contribution in [1.82, 2.24) is 15.4 Å². The van der Waals surface area contributed by atoms with Crippen molar-refractivity contribution in [2.75, 3.05) is 0 Å². The first-order valence-corrected chi connectivity index (χ1v) is 7.39. The highest BCUT2D eigenvalue weighted by atomic mass is 28.3. The summed E-state index contributed by atoms with van der Waals surface area (Å²) in [5.41, 5.74) is 3.27. The molecule has 0 atom stereocenters. The quantitative estimate of drug-likeness (QED) is 0.614. The van der Waals surface area contributed by atoms with Crippen LogP contribution in [-0.4, -0.2) is 41.5 Å². The smallest absolute Gasteiger partial charge is 0.129 e. The standard InChI is InChI=1S/C12H9N3O.H6OSi2/c16-11-7-2-1-4-8(11)9-5-3-6-10-12(9)14-15-13-10;2-1-3/h1-7,16H,(H,13,14,15);2-3H3. The van der Waals surface area contributed by atoms with Crippen molar-refractivity contribution in [3.8, 4) is 16.9 Å². The number of H-pyrrole nitrogens is 1. The molecule has 0 aliphatic carbocycles. The SMILES string of the molecule is Oc1ccccc1-c1cccc2[nH]nnc12.[SiH3]O[SiH3]. The van der Waals surface area contributed by atoms with Crippen LogP contribution in [0.25, 0.3) is 22.2 Å². The van der Waals surface area contributed by atoms with E-state index in [0.29, 0.717) is 0 Å². The van der Waals surface area contributed by atoms with Gasteiger partial charge in [-0.05, 0) is 12.1 Å². The molecule has 1 aromatic heterocycles. The molecule has 0 bridgehead atoms. The molecule has 0 spiro atoms. The largest absolute Gasteiger partial charge is 0.507 e. The van der Waals surface area contributed by atoms with Gasteiger partial charge in [0.15, 0.2) is 0 Å². The van der Waals surface area contributed by atoms with Crippen molar-refractivity contribution in [3.63, 3.8) is 0 Å². The van der Waals surface area contributed by atoms with Crippen LogP contribution < -0.4 is 0 Å². The van der Waals surface area contributed by atoms with Gasteiger partial charge in [-0.3, -0.25) is 5.10 Å². The minimum absolute atomic E-state index is 0.248. The zero-order valence-corrected chi connectivity index (χ0v) is 14.8. The number of hydrogen-bond donors (Lipinski definition) is 2. The number of aromatic nitrogens is 3. The van der Waals surface area contributed by atoms with E-state index in [9.17, 15) is 5.11 Å². The van der Waals surface area contributed by atoms with Crippen molar-refractivity contribution < 1.29 is 9.22 Å². The molecule has 0 aliphatic rings. The van der Waals surface area contributed by atoms with E-state index in [4.69, 9.17) is 0 Å². The summed E-state index contributed by atoms with van der Waals surface area (Å²) in [5.74, 6) is 0.248. The summed E-state index contributed by atoms with van der Waals surface area (Å²) in [5, 5.41) is 20.4. The molecule has 0 saturated carbocycles. The van der Waals surface area contributed by atoms with Gasteiger partial charge in [0, 0.05) is 11.1 Å². The van der Waals surface area contributed by atoms with Gasteiger partial charge in [0.05, 0.1) is 5.52 Å². The summed E-state index contributed by atoms with van der Waals surface area (Å²) in [4.78, 5) is 0. The second kappa shape index (κ2) is 6.27. The predicted octanol–water partition coefficient (Wildman–Crippen LogP) is -0.106. The van der Waals surface area contributed by atoms with E-state index >= 15 is 0 Å². The molecule has 7 heteroatoms. The molecule has 2 aromatic carbocycles. The lowest BCUT2D eigenvalue weighted by Crippen LogP contribution is -1.81. The summed E-state index contributed by atoms with van der Waals surface area (Å²) in [7, 11) is 1.86. The van der Waals surface area contributed by atoms with Gasteiger partial charge in [0.25, 0.3) is 0 Å². The van der Waals surface area contributed by atoms with Crippen LogP contribution in [0.15, 0.2) is 42.5 Å². The van der Waals surface area contributed by atoms with Gasteiger partial charge in [-0.1, -0.05) is 35.5 Å². The molecule has 5 nitrogen and oxygen atoms in total. The Morgan fingerprint density at radius 2 is 1.68 bits per heavy atom. The minimum Gasteiger partial charge on any atom is -0.507 e. The van der Waals surface area contributed by atoms with Crippen molar-refractivity contribution >= 4 is 32.0 Å². The molecule has 98 valence electrons. The Kier molecular flexibility index (Phi) is 4.45. The van der Waals surface area contributed by atoms with Crippen LogP contribution in [-0.2, 0) is 4.12 Å². The number of aromatic hydroxyl groups is 1. The third-order valence-corrected chi connectivity index (χ3v) is 2.55. The molecule has 1 heterocycles. The molecule has 0 amide bonds. The Morgan fingerprint density at radius 3 is 2.42 bits per heavy atom. The van der Waals surface area contributed by atoms with Crippen LogP contribution in [0.3, 0.4) is 0 Å². The molecule has 19 heavy (non-hydrogen) atoms. The third kappa shape index (κ3) is 2.89. The van der Waals surface area contributed by atoms with Crippen LogP contribution >= 0.6 is 0 Å². The van der Waals surface area contributed by atoms with E-state index in [0.717, 1.165) is 43.1 Å². The Bertz CT molecular complexity index is 673. The van der Waals surface area contributed by atoms with Gasteiger partial charge in [0.1, 0.15) is 32.2 Å². The molecule has 3 aromatic rings. The lowest BCUT2D eigenvalue weighted by Gasteiger charge is -2.04. The van der Waals surface area contributed by atoms with E-state index in [-0.39, 0.29) is 5.75 Å². The predicted molar refractivity (Wildman–Crippen MR) is 82.0 cm³/mol. The number of nitrogens with zero attached hydrogens (tertiary/aromatic N) is 2. The van der Waals surface area contributed by atoms with Gasteiger partial charge >= 0.3 is 0 Å².